The molecule has 0 spiro atoms. The number of nitrogens with two attached hydrogens (primary N) is 2. The minimum absolute atomic E-state index is 0.0276. The van der Waals surface area contributed by atoms with Gasteiger partial charge >= 0.3 is 29.8 Å². The topological polar surface area (TPSA) is 426 Å². The maximum atomic E-state index is 14.4. The quantitative estimate of drug-likeness (QED) is 0.0289. The molecule has 28 heteroatoms. The number of nitrogens with one attached hydrogen (secondary N) is 5. The molecule has 0 saturated carbocycles. The number of aliphatic carboxylic acids is 5. The predicted molar refractivity (Wildman–Crippen MR) is 227 cm³/mol. The highest BCUT2D eigenvalue weighted by molar-refractivity contribution is 5.98. The maximum Gasteiger partial charge on any atom is 0.317 e. The Hall–Kier alpha value is -6.68. The molecule has 0 aromatic rings. The molecule has 4 heterocycles. The van der Waals surface area contributed by atoms with Crippen LogP contribution in [0.5, 0.6) is 0 Å². The summed E-state index contributed by atoms with van der Waals surface area (Å²) in [5, 5.41) is 60.8. The first-order valence-electron chi connectivity index (χ1n) is 21.7. The third kappa shape index (κ3) is 15.7. The van der Waals surface area contributed by atoms with Crippen LogP contribution in [0.3, 0.4) is 0 Å². The lowest BCUT2D eigenvalue weighted by atomic mass is 9.85. The zero-order chi connectivity index (χ0) is 49.6. The number of rotatable bonds is 21. The van der Waals surface area contributed by atoms with E-state index in [1.807, 2.05) is 0 Å². The monoisotopic (exact) mass is 952 g/mol. The Balaban J connectivity index is 1.54. The second-order valence-corrected chi connectivity index (χ2v) is 17.2. The molecule has 4 fully saturated rings. The largest absolute Gasteiger partial charge is 0.481 e. The molecule has 0 aromatic heterocycles. The molecule has 2 bridgehead atoms. The number of carbonyl (C=O) groups excluding carboxylic acids is 6. The van der Waals surface area contributed by atoms with Crippen LogP contribution >= 0.6 is 0 Å². The predicted octanol–water partition coefficient (Wildman–Crippen LogP) is -6.24. The molecular formula is C39H60N12O16. The number of hydrogen-bond acceptors (Lipinski definition) is 15. The van der Waals surface area contributed by atoms with Crippen molar-refractivity contribution in [1.29, 1.82) is 0 Å². The van der Waals surface area contributed by atoms with E-state index in [0.29, 0.717) is 6.42 Å². The van der Waals surface area contributed by atoms with Crippen LogP contribution in [0.2, 0.25) is 0 Å². The lowest BCUT2D eigenvalue weighted by Crippen LogP contribution is -2.65. The number of aliphatic imine (C=N–C) groups is 1. The lowest BCUT2D eigenvalue weighted by Gasteiger charge is -2.45. The number of piperidine rings is 1. The van der Waals surface area contributed by atoms with Gasteiger partial charge in [-0.1, -0.05) is 6.42 Å². The Morgan fingerprint density at radius 1 is 0.761 bits per heavy atom. The maximum absolute atomic E-state index is 14.4. The van der Waals surface area contributed by atoms with Crippen molar-refractivity contribution in [3.63, 3.8) is 0 Å². The first-order chi connectivity index (χ1) is 31.6. The number of guanidine groups is 1. The Labute approximate surface area is 383 Å². The fourth-order valence-corrected chi connectivity index (χ4v) is 9.25. The Kier molecular flexibility index (Phi) is 19.1. The van der Waals surface area contributed by atoms with Crippen molar-refractivity contribution in [2.75, 3.05) is 72.0 Å². The Bertz CT molecular complexity index is 1910. The number of nitrogens with zero attached hydrogens (tertiary/aromatic N) is 5. The van der Waals surface area contributed by atoms with Crippen LogP contribution in [0.15, 0.2) is 4.99 Å². The Morgan fingerprint density at radius 2 is 1.39 bits per heavy atom. The summed E-state index contributed by atoms with van der Waals surface area (Å²) >= 11 is 0. The third-order valence-electron chi connectivity index (χ3n) is 12.1. The Morgan fingerprint density at radius 3 is 1.96 bits per heavy atom. The first kappa shape index (κ1) is 52.9. The average Bonchev–Trinajstić information content (AvgIpc) is 3.58. The van der Waals surface area contributed by atoms with Gasteiger partial charge in [0, 0.05) is 63.2 Å². The zero-order valence-corrected chi connectivity index (χ0v) is 36.7. The summed E-state index contributed by atoms with van der Waals surface area (Å²) < 4.78 is 0. The summed E-state index contributed by atoms with van der Waals surface area (Å²) in [5.74, 6) is -12.5. The van der Waals surface area contributed by atoms with Crippen molar-refractivity contribution in [2.45, 2.75) is 93.5 Å². The van der Waals surface area contributed by atoms with Crippen molar-refractivity contribution in [3.05, 3.63) is 0 Å². The minimum Gasteiger partial charge on any atom is -0.481 e. The van der Waals surface area contributed by atoms with E-state index in [1.54, 1.807) is 0 Å². The van der Waals surface area contributed by atoms with Gasteiger partial charge in [-0.25, -0.2) is 0 Å². The molecule has 4 aliphatic heterocycles. The van der Waals surface area contributed by atoms with E-state index in [1.165, 1.54) is 19.6 Å². The fraction of sp³-hybridized carbons (Fsp3) is 0.692. The highest BCUT2D eigenvalue weighted by atomic mass is 16.4. The highest BCUT2D eigenvalue weighted by Gasteiger charge is 2.51. The van der Waals surface area contributed by atoms with Crippen LogP contribution in [0.25, 0.3) is 0 Å². The second kappa shape index (κ2) is 24.2. The van der Waals surface area contributed by atoms with Gasteiger partial charge in [-0.15, -0.1) is 0 Å². The van der Waals surface area contributed by atoms with E-state index in [4.69, 9.17) is 11.5 Å². The van der Waals surface area contributed by atoms with Crippen LogP contribution in [-0.4, -0.2) is 224 Å². The van der Waals surface area contributed by atoms with Crippen LogP contribution < -0.4 is 38.1 Å². The summed E-state index contributed by atoms with van der Waals surface area (Å²) in [6.07, 6.45) is -0.208. The molecule has 67 heavy (non-hydrogen) atoms. The molecule has 0 aliphatic carbocycles. The molecule has 4 aliphatic rings. The van der Waals surface area contributed by atoms with Gasteiger partial charge in [0.25, 0.3) is 0 Å². The summed E-state index contributed by atoms with van der Waals surface area (Å²) in [6, 6.07) is -6.08. The van der Waals surface area contributed by atoms with Crippen molar-refractivity contribution in [1.82, 2.24) is 46.2 Å². The number of carboxylic acid groups (broad SMARTS) is 5. The number of carbonyl (C=O) groups is 11. The molecule has 0 radical (unpaired) electrons. The number of amides is 6. The normalized spacial score (nSPS) is 25.0. The molecule has 4 rings (SSSR count). The summed E-state index contributed by atoms with van der Waals surface area (Å²) in [4.78, 5) is 150. The molecule has 4 saturated heterocycles. The van der Waals surface area contributed by atoms with E-state index in [9.17, 15) is 78.3 Å². The van der Waals surface area contributed by atoms with Crippen LogP contribution in [-0.2, 0) is 52.7 Å². The van der Waals surface area contributed by atoms with Gasteiger partial charge in [-0.05, 0) is 38.5 Å². The molecule has 0 aromatic carbocycles. The molecule has 6 amide bonds. The van der Waals surface area contributed by atoms with Crippen LogP contribution in [0.4, 0.5) is 0 Å². The number of unbranched alkanes of at least 4 members (excludes halogenated alkanes) is 1. The smallest absolute Gasteiger partial charge is 0.317 e. The average molecular weight is 953 g/mol. The number of carboxylic acids is 5. The van der Waals surface area contributed by atoms with E-state index in [2.05, 4.69) is 31.6 Å². The summed E-state index contributed by atoms with van der Waals surface area (Å²) in [7, 11) is 0. The van der Waals surface area contributed by atoms with Gasteiger partial charge in [0.2, 0.25) is 35.4 Å². The summed E-state index contributed by atoms with van der Waals surface area (Å²) in [6.45, 7) is -3.61. The molecule has 14 N–H and O–H groups in total. The molecule has 0 unspecified atom stereocenters. The third-order valence-corrected chi connectivity index (χ3v) is 12.1. The van der Waals surface area contributed by atoms with Gasteiger partial charge in [-0.2, -0.15) is 0 Å². The van der Waals surface area contributed by atoms with Crippen molar-refractivity contribution < 1.29 is 78.3 Å². The number of hydrogen-bond donors (Lipinski definition) is 12. The SMILES string of the molecule is NC(N)=NCC[C@@H]1NC(=O)[C@@H]2CC[C@H]3C[C@@H](CNC(=O)CCCCC4(N(CC(=O)O)CC(=O)O)CN(CC(=O)O)CCN(CC(=O)O)C4)[C@@H](NC(=O)[C@H](CC(=O)O)NC(=O)CNC1=O)C(=O)N32. The molecular weight excluding hydrogens is 892 g/mol. The highest BCUT2D eigenvalue weighted by Crippen LogP contribution is 2.36. The second-order valence-electron chi connectivity index (χ2n) is 17.2. The van der Waals surface area contributed by atoms with E-state index in [0.717, 1.165) is 0 Å². The first-order valence-corrected chi connectivity index (χ1v) is 21.7. The van der Waals surface area contributed by atoms with Gasteiger partial charge in [-0.3, -0.25) is 72.4 Å². The van der Waals surface area contributed by atoms with Gasteiger partial charge < -0.3 is 68.5 Å². The summed E-state index contributed by atoms with van der Waals surface area (Å²) in [5.41, 5.74) is 9.43. The van der Waals surface area contributed by atoms with Crippen molar-refractivity contribution >= 4 is 71.2 Å². The van der Waals surface area contributed by atoms with Gasteiger partial charge in [0.1, 0.15) is 24.2 Å². The van der Waals surface area contributed by atoms with E-state index < -0.39 is 146 Å². The fourth-order valence-electron chi connectivity index (χ4n) is 9.25. The molecule has 372 valence electrons. The van der Waals surface area contributed by atoms with Crippen molar-refractivity contribution in [2.24, 2.45) is 22.4 Å². The standard InChI is InChI=1S/C39H60N12O16/c40-38(41)42-8-6-23-34(64)44-14-27(53)45-24(12-28(54)55)35(65)47-33-21(11-22-4-5-25(36(66)46-23)51(22)37(33)67)13-43-26(52)3-1-2-7-39(50(17-31(60)61)18-32(62)63)19-48(15-29(56)57)9-10-49(20-39)16-30(58)59/h21-25,33H,1-20H2,(H,43,52)(H,44,64)(H,45,53)(H,46,66)(H,47,65)(H,54,55)(H,56,57)(H,58,59)(H,60,61)(H,62,63)(H4,40,41,42)/t21-,22-,23-,24-,25-,33+/m0/s1. The lowest BCUT2D eigenvalue weighted by molar-refractivity contribution is -0.149. The molecule has 28 nitrogen and oxygen atoms in total. The van der Waals surface area contributed by atoms with Crippen LogP contribution in [0, 0.1) is 5.92 Å². The van der Waals surface area contributed by atoms with Crippen molar-refractivity contribution in [3.8, 4) is 0 Å². The van der Waals surface area contributed by atoms with E-state index >= 15 is 0 Å². The number of fused-ring (bicyclic) bond motifs is 1. The van der Waals surface area contributed by atoms with E-state index in [-0.39, 0.29) is 90.2 Å². The zero-order valence-electron chi connectivity index (χ0n) is 36.7. The van der Waals surface area contributed by atoms with Gasteiger partial charge in [0.15, 0.2) is 5.96 Å². The van der Waals surface area contributed by atoms with Gasteiger partial charge in [0.05, 0.1) is 39.1 Å². The van der Waals surface area contributed by atoms with Crippen LogP contribution in [0.1, 0.15) is 57.8 Å². The molecule has 6 atom stereocenters. The minimum atomic E-state index is -1.72.